The topological polar surface area (TPSA) is 49.9 Å². The molecule has 0 aromatic carbocycles. The van der Waals surface area contributed by atoms with Crippen molar-refractivity contribution in [3.05, 3.63) is 11.8 Å². The summed E-state index contributed by atoms with van der Waals surface area (Å²) < 4.78 is 5.37. The molecule has 1 fully saturated rings. The number of hydrogen-bond donors (Lipinski definition) is 0. The van der Waals surface area contributed by atoms with Gasteiger partial charge in [-0.15, -0.1) is 0 Å². The average Bonchev–Trinajstić information content (AvgIpc) is 2.26. The van der Waals surface area contributed by atoms with Gasteiger partial charge in [0.15, 0.2) is 5.78 Å². The molecule has 2 unspecified atom stereocenters. The van der Waals surface area contributed by atoms with Crippen molar-refractivity contribution in [2.24, 2.45) is 5.92 Å². The van der Waals surface area contributed by atoms with Crippen LogP contribution < -0.4 is 0 Å². The zero-order valence-electron chi connectivity index (χ0n) is 13.6. The van der Waals surface area contributed by atoms with Crippen LogP contribution in [0, 0.1) is 5.92 Å². The lowest BCUT2D eigenvalue weighted by atomic mass is 9.88. The van der Waals surface area contributed by atoms with E-state index in [0.717, 1.165) is 5.57 Å². The molecule has 1 heterocycles. The molecule has 0 aromatic heterocycles. The van der Waals surface area contributed by atoms with Gasteiger partial charge in [-0.1, -0.05) is 6.92 Å². The van der Waals surface area contributed by atoms with E-state index in [4.69, 9.17) is 4.74 Å². The third kappa shape index (κ3) is 3.99. The number of nitrogens with zero attached hydrogens (tertiary/aromatic N) is 2. The molecule has 1 rings (SSSR count). The molecule has 2 atom stereocenters. The van der Waals surface area contributed by atoms with Gasteiger partial charge in [0, 0.05) is 38.3 Å². The van der Waals surface area contributed by atoms with E-state index in [1.165, 1.54) is 4.90 Å². The quantitative estimate of drug-likeness (QED) is 0.692. The fourth-order valence-electron chi connectivity index (χ4n) is 2.20. The Kier molecular flexibility index (Phi) is 4.84. The second kappa shape index (κ2) is 5.85. The van der Waals surface area contributed by atoms with E-state index in [9.17, 15) is 9.59 Å². The van der Waals surface area contributed by atoms with Crippen LogP contribution in [-0.4, -0.2) is 54.0 Å². The van der Waals surface area contributed by atoms with Crippen molar-refractivity contribution in [1.29, 1.82) is 0 Å². The van der Waals surface area contributed by atoms with Crippen LogP contribution in [0.4, 0.5) is 4.79 Å². The van der Waals surface area contributed by atoms with Crippen molar-refractivity contribution < 1.29 is 14.3 Å². The van der Waals surface area contributed by atoms with Gasteiger partial charge in [-0.3, -0.25) is 9.69 Å². The molecule has 0 saturated carbocycles. The number of carbonyl (C=O) groups excluding carboxylic acids is 2. The lowest BCUT2D eigenvalue weighted by Gasteiger charge is -2.38. The molecule has 1 aliphatic rings. The van der Waals surface area contributed by atoms with Crippen molar-refractivity contribution in [2.45, 2.75) is 46.3 Å². The number of ether oxygens (including phenoxy) is 1. The fourth-order valence-corrected chi connectivity index (χ4v) is 2.20. The first-order chi connectivity index (χ1) is 9.03. The Labute approximate surface area is 121 Å². The second-order valence-electron chi connectivity index (χ2n) is 6.62. The number of hydrogen-bond acceptors (Lipinski definition) is 4. The van der Waals surface area contributed by atoms with Crippen LogP contribution in [-0.2, 0) is 9.53 Å². The minimum absolute atomic E-state index is 0.00798. The summed E-state index contributed by atoms with van der Waals surface area (Å²) in [5.74, 6) is -0.00284. The minimum Gasteiger partial charge on any atom is -0.444 e. The number of likely N-dealkylation sites (tertiary alicyclic amines) is 1. The highest BCUT2D eigenvalue weighted by atomic mass is 16.6. The monoisotopic (exact) mass is 282 g/mol. The van der Waals surface area contributed by atoms with Gasteiger partial charge in [0.05, 0.1) is 6.04 Å². The van der Waals surface area contributed by atoms with Gasteiger partial charge in [0.2, 0.25) is 0 Å². The summed E-state index contributed by atoms with van der Waals surface area (Å²) in [6.07, 6.45) is 1.42. The molecule has 20 heavy (non-hydrogen) atoms. The molecule has 1 aliphatic heterocycles. The van der Waals surface area contributed by atoms with Crippen LogP contribution in [0.1, 0.15) is 34.6 Å². The van der Waals surface area contributed by atoms with Crippen LogP contribution in [0.3, 0.4) is 0 Å². The van der Waals surface area contributed by atoms with Crippen LogP contribution in [0.25, 0.3) is 0 Å². The summed E-state index contributed by atoms with van der Waals surface area (Å²) in [4.78, 5) is 28.0. The van der Waals surface area contributed by atoms with Gasteiger partial charge >= 0.3 is 6.09 Å². The van der Waals surface area contributed by atoms with Gasteiger partial charge in [-0.05, 0) is 27.7 Å². The Morgan fingerprint density at radius 1 is 1.35 bits per heavy atom. The summed E-state index contributed by atoms with van der Waals surface area (Å²) in [6.45, 7) is 9.67. The minimum atomic E-state index is -0.553. The Hall–Kier alpha value is -1.52. The van der Waals surface area contributed by atoms with Crippen LogP contribution >= 0.6 is 0 Å². The Morgan fingerprint density at radius 2 is 1.90 bits per heavy atom. The van der Waals surface area contributed by atoms with E-state index < -0.39 is 17.7 Å². The number of amides is 1. The standard InChI is InChI=1S/C15H26N2O3/c1-10-8-17(14(19)20-15(3,4)5)11(2)13(18)12(10)9-16(6)7/h9-11H,8H2,1-7H3/b12-9-. The summed E-state index contributed by atoms with van der Waals surface area (Å²) in [5, 5.41) is 0. The highest BCUT2D eigenvalue weighted by molar-refractivity contribution is 6.02. The van der Waals surface area contributed by atoms with Crippen molar-refractivity contribution in [3.63, 3.8) is 0 Å². The van der Waals surface area contributed by atoms with Crippen LogP contribution in [0.5, 0.6) is 0 Å². The fraction of sp³-hybridized carbons (Fsp3) is 0.733. The normalized spacial score (nSPS) is 25.9. The molecular formula is C15H26N2O3. The number of carbonyl (C=O) groups is 2. The number of Topliss-reactive ketones (excluding diaryl/α,β-unsaturated/α-hetero) is 1. The van der Waals surface area contributed by atoms with Gasteiger partial charge in [0.1, 0.15) is 5.60 Å². The lowest BCUT2D eigenvalue weighted by Crippen LogP contribution is -2.52. The SMILES string of the molecule is CC1CN(C(=O)OC(C)(C)C)C(C)C(=O)/C1=C\N(C)C. The molecule has 5 heteroatoms. The summed E-state index contributed by atoms with van der Waals surface area (Å²) >= 11 is 0. The largest absolute Gasteiger partial charge is 0.444 e. The smallest absolute Gasteiger partial charge is 0.410 e. The molecule has 114 valence electrons. The maximum Gasteiger partial charge on any atom is 0.410 e. The number of ketones is 1. The van der Waals surface area contributed by atoms with Gasteiger partial charge in [0.25, 0.3) is 0 Å². The molecule has 0 bridgehead atoms. The molecule has 0 N–H and O–H groups in total. The van der Waals surface area contributed by atoms with Crippen molar-refractivity contribution in [3.8, 4) is 0 Å². The third-order valence-electron chi connectivity index (χ3n) is 3.16. The zero-order chi connectivity index (χ0) is 15.7. The van der Waals surface area contributed by atoms with Crippen LogP contribution in [0.2, 0.25) is 0 Å². The molecule has 0 aliphatic carbocycles. The Morgan fingerprint density at radius 3 is 2.35 bits per heavy atom. The summed E-state index contributed by atoms with van der Waals surface area (Å²) in [7, 11) is 3.77. The van der Waals surface area contributed by atoms with Crippen molar-refractivity contribution in [2.75, 3.05) is 20.6 Å². The van der Waals surface area contributed by atoms with Gasteiger partial charge in [-0.25, -0.2) is 4.79 Å². The molecule has 1 saturated heterocycles. The van der Waals surface area contributed by atoms with E-state index in [2.05, 4.69) is 0 Å². The van der Waals surface area contributed by atoms with Crippen LogP contribution in [0.15, 0.2) is 11.8 Å². The first-order valence-corrected chi connectivity index (χ1v) is 6.95. The van der Waals surface area contributed by atoms with E-state index >= 15 is 0 Å². The highest BCUT2D eigenvalue weighted by Gasteiger charge is 2.38. The van der Waals surface area contributed by atoms with Gasteiger partial charge in [-0.2, -0.15) is 0 Å². The van der Waals surface area contributed by atoms with E-state index in [1.54, 1.807) is 6.92 Å². The van der Waals surface area contributed by atoms with Crippen molar-refractivity contribution >= 4 is 11.9 Å². The molecule has 0 aromatic rings. The first kappa shape index (κ1) is 16.5. The van der Waals surface area contributed by atoms with E-state index in [-0.39, 0.29) is 11.7 Å². The molecule has 0 radical (unpaired) electrons. The Balaban J connectivity index is 2.91. The lowest BCUT2D eigenvalue weighted by molar-refractivity contribution is -0.122. The predicted molar refractivity (Wildman–Crippen MR) is 78.3 cm³/mol. The predicted octanol–water partition coefficient (Wildman–Crippen LogP) is 2.28. The van der Waals surface area contributed by atoms with Gasteiger partial charge < -0.3 is 9.64 Å². The highest BCUT2D eigenvalue weighted by Crippen LogP contribution is 2.26. The maximum atomic E-state index is 12.4. The second-order valence-corrected chi connectivity index (χ2v) is 6.62. The summed E-state index contributed by atoms with van der Waals surface area (Å²) in [6, 6.07) is -0.479. The molecule has 0 spiro atoms. The molecule has 1 amide bonds. The number of piperidine rings is 1. The average molecular weight is 282 g/mol. The van der Waals surface area contributed by atoms with E-state index in [0.29, 0.717) is 6.54 Å². The zero-order valence-corrected chi connectivity index (χ0v) is 13.6. The van der Waals surface area contributed by atoms with Crippen molar-refractivity contribution in [1.82, 2.24) is 9.80 Å². The maximum absolute atomic E-state index is 12.4. The first-order valence-electron chi connectivity index (χ1n) is 6.95. The number of rotatable bonds is 1. The van der Waals surface area contributed by atoms with E-state index in [1.807, 2.05) is 52.9 Å². The molecular weight excluding hydrogens is 256 g/mol. The summed E-state index contributed by atoms with van der Waals surface area (Å²) in [5.41, 5.74) is 0.213. The molecule has 5 nitrogen and oxygen atoms in total. The Bertz CT molecular complexity index is 421. The third-order valence-corrected chi connectivity index (χ3v) is 3.16.